The summed E-state index contributed by atoms with van der Waals surface area (Å²) < 4.78 is 2.11. The second kappa shape index (κ2) is 6.15. The van der Waals surface area contributed by atoms with Crippen molar-refractivity contribution in [2.24, 2.45) is 0 Å². The van der Waals surface area contributed by atoms with E-state index in [-0.39, 0.29) is 0 Å². The summed E-state index contributed by atoms with van der Waals surface area (Å²) in [5, 5.41) is 3.26. The minimum absolute atomic E-state index is 0.840. The summed E-state index contributed by atoms with van der Waals surface area (Å²) in [5.74, 6) is 0. The van der Waals surface area contributed by atoms with Crippen LogP contribution in [0, 0.1) is 0 Å². The van der Waals surface area contributed by atoms with Crippen molar-refractivity contribution < 1.29 is 0 Å². The van der Waals surface area contributed by atoms with Gasteiger partial charge in [-0.2, -0.15) is 0 Å². The van der Waals surface area contributed by atoms with Gasteiger partial charge in [0.05, 0.1) is 12.0 Å². The molecular weight excluding hydrogens is 212 g/mol. The van der Waals surface area contributed by atoms with Gasteiger partial charge in [-0.05, 0) is 18.7 Å². The highest BCUT2D eigenvalue weighted by Crippen LogP contribution is 2.00. The zero-order valence-electron chi connectivity index (χ0n) is 10.1. The zero-order chi connectivity index (χ0) is 11.9. The van der Waals surface area contributed by atoms with E-state index in [0.29, 0.717) is 0 Å². The number of rotatable bonds is 6. The Labute approximate surface area is 102 Å². The maximum Gasteiger partial charge on any atom is 0.0950 e. The number of hydrogen-bond acceptors (Lipinski definition) is 3. The van der Waals surface area contributed by atoms with Gasteiger partial charge in [-0.3, -0.25) is 4.98 Å². The van der Waals surface area contributed by atoms with Crippen LogP contribution < -0.4 is 5.32 Å². The molecule has 0 atom stereocenters. The van der Waals surface area contributed by atoms with Crippen molar-refractivity contribution in [3.63, 3.8) is 0 Å². The molecule has 2 rings (SSSR count). The predicted octanol–water partition coefficient (Wildman–Crippen LogP) is 1.63. The summed E-state index contributed by atoms with van der Waals surface area (Å²) >= 11 is 0. The van der Waals surface area contributed by atoms with Crippen LogP contribution in [0.25, 0.3) is 0 Å². The lowest BCUT2D eigenvalue weighted by atomic mass is 10.3. The van der Waals surface area contributed by atoms with Gasteiger partial charge in [0.2, 0.25) is 0 Å². The van der Waals surface area contributed by atoms with E-state index in [1.54, 1.807) is 0 Å². The van der Waals surface area contributed by atoms with Gasteiger partial charge in [0.25, 0.3) is 0 Å². The first-order valence-corrected chi connectivity index (χ1v) is 5.99. The van der Waals surface area contributed by atoms with E-state index in [0.717, 1.165) is 37.4 Å². The number of imidazole rings is 1. The van der Waals surface area contributed by atoms with Crippen molar-refractivity contribution in [3.05, 3.63) is 48.3 Å². The van der Waals surface area contributed by atoms with E-state index in [4.69, 9.17) is 0 Å². The fraction of sp³-hybridized carbons (Fsp3) is 0.385. The number of nitrogens with zero attached hydrogens (tertiary/aromatic N) is 3. The number of aromatic nitrogens is 3. The van der Waals surface area contributed by atoms with Crippen molar-refractivity contribution in [2.75, 3.05) is 6.54 Å². The summed E-state index contributed by atoms with van der Waals surface area (Å²) in [4.78, 5) is 8.65. The number of aryl methyl sites for hydroxylation is 2. The lowest BCUT2D eigenvalue weighted by Gasteiger charge is -2.01. The second-order valence-electron chi connectivity index (χ2n) is 3.95. The van der Waals surface area contributed by atoms with Crippen LogP contribution in [0.4, 0.5) is 0 Å². The molecule has 4 heteroatoms. The summed E-state index contributed by atoms with van der Waals surface area (Å²) in [7, 11) is 0. The molecule has 0 spiro atoms. The standard InChI is InChI=1S/C13H18N4/c1-2-14-9-13-10-17(11-16-13)8-6-12-5-3-4-7-15-12/h3-5,7,10-11,14H,2,6,8-9H2,1H3. The Morgan fingerprint density at radius 3 is 2.94 bits per heavy atom. The largest absolute Gasteiger partial charge is 0.337 e. The molecule has 17 heavy (non-hydrogen) atoms. The average molecular weight is 230 g/mol. The monoisotopic (exact) mass is 230 g/mol. The van der Waals surface area contributed by atoms with E-state index in [9.17, 15) is 0 Å². The number of pyridine rings is 1. The van der Waals surface area contributed by atoms with Crippen molar-refractivity contribution in [1.29, 1.82) is 0 Å². The van der Waals surface area contributed by atoms with Gasteiger partial charge in [-0.15, -0.1) is 0 Å². The molecule has 0 aliphatic heterocycles. The fourth-order valence-electron chi connectivity index (χ4n) is 1.66. The second-order valence-corrected chi connectivity index (χ2v) is 3.95. The van der Waals surface area contributed by atoms with Crippen LogP contribution in [0.15, 0.2) is 36.9 Å². The van der Waals surface area contributed by atoms with Crippen molar-refractivity contribution in [2.45, 2.75) is 26.4 Å². The summed E-state index contributed by atoms with van der Waals surface area (Å²) in [6.07, 6.45) is 6.75. The Balaban J connectivity index is 1.85. The zero-order valence-corrected chi connectivity index (χ0v) is 10.1. The predicted molar refractivity (Wildman–Crippen MR) is 67.5 cm³/mol. The van der Waals surface area contributed by atoms with Gasteiger partial charge in [0, 0.05) is 37.6 Å². The SMILES string of the molecule is CCNCc1cn(CCc2ccccn2)cn1. The Morgan fingerprint density at radius 1 is 1.24 bits per heavy atom. The van der Waals surface area contributed by atoms with Gasteiger partial charge < -0.3 is 9.88 Å². The van der Waals surface area contributed by atoms with Gasteiger partial charge in [0.1, 0.15) is 0 Å². The van der Waals surface area contributed by atoms with Gasteiger partial charge in [-0.1, -0.05) is 13.0 Å². The molecule has 0 aromatic carbocycles. The van der Waals surface area contributed by atoms with Gasteiger partial charge >= 0.3 is 0 Å². The minimum atomic E-state index is 0.840. The molecule has 4 nitrogen and oxygen atoms in total. The molecule has 0 aliphatic carbocycles. The van der Waals surface area contributed by atoms with Gasteiger partial charge in [0.15, 0.2) is 0 Å². The lowest BCUT2D eigenvalue weighted by molar-refractivity contribution is 0.680. The molecule has 0 fully saturated rings. The highest BCUT2D eigenvalue weighted by atomic mass is 15.0. The highest BCUT2D eigenvalue weighted by molar-refractivity contribution is 5.04. The van der Waals surface area contributed by atoms with E-state index in [1.165, 1.54) is 0 Å². The highest BCUT2D eigenvalue weighted by Gasteiger charge is 1.99. The molecule has 0 amide bonds. The molecule has 90 valence electrons. The molecule has 2 heterocycles. The van der Waals surface area contributed by atoms with Crippen LogP contribution in [-0.2, 0) is 19.5 Å². The molecule has 0 saturated heterocycles. The third-order valence-corrected chi connectivity index (χ3v) is 2.60. The molecule has 0 unspecified atom stereocenters. The summed E-state index contributed by atoms with van der Waals surface area (Å²) in [6.45, 7) is 4.84. The Bertz CT molecular complexity index is 436. The molecule has 2 aromatic heterocycles. The van der Waals surface area contributed by atoms with Crippen LogP contribution in [0.3, 0.4) is 0 Å². The summed E-state index contributed by atoms with van der Waals surface area (Å²) in [5.41, 5.74) is 2.21. The van der Waals surface area contributed by atoms with Crippen molar-refractivity contribution >= 4 is 0 Å². The first-order chi connectivity index (χ1) is 8.38. The first-order valence-electron chi connectivity index (χ1n) is 5.99. The third-order valence-electron chi connectivity index (χ3n) is 2.60. The van der Waals surface area contributed by atoms with Gasteiger partial charge in [-0.25, -0.2) is 4.98 Å². The van der Waals surface area contributed by atoms with E-state index >= 15 is 0 Å². The normalized spacial score (nSPS) is 10.6. The Hall–Kier alpha value is -1.68. The first kappa shape index (κ1) is 11.8. The molecule has 0 radical (unpaired) electrons. The van der Waals surface area contributed by atoms with Crippen LogP contribution in [0.5, 0.6) is 0 Å². The van der Waals surface area contributed by atoms with Crippen molar-refractivity contribution in [3.8, 4) is 0 Å². The number of hydrogen-bond donors (Lipinski definition) is 1. The van der Waals surface area contributed by atoms with Crippen LogP contribution in [0.2, 0.25) is 0 Å². The van der Waals surface area contributed by atoms with Crippen LogP contribution in [-0.4, -0.2) is 21.1 Å². The van der Waals surface area contributed by atoms with E-state index < -0.39 is 0 Å². The molecule has 0 bridgehead atoms. The van der Waals surface area contributed by atoms with E-state index in [2.05, 4.69) is 39.0 Å². The third kappa shape index (κ3) is 3.67. The average Bonchev–Trinajstić information content (AvgIpc) is 2.83. The number of nitrogens with one attached hydrogen (secondary N) is 1. The van der Waals surface area contributed by atoms with Crippen LogP contribution >= 0.6 is 0 Å². The lowest BCUT2D eigenvalue weighted by Crippen LogP contribution is -2.11. The minimum Gasteiger partial charge on any atom is -0.337 e. The van der Waals surface area contributed by atoms with Crippen molar-refractivity contribution in [1.82, 2.24) is 19.9 Å². The molecular formula is C13H18N4. The van der Waals surface area contributed by atoms with E-state index in [1.807, 2.05) is 24.7 Å². The topological polar surface area (TPSA) is 42.7 Å². The quantitative estimate of drug-likeness (QED) is 0.820. The maximum atomic E-state index is 4.35. The molecule has 2 aromatic rings. The van der Waals surface area contributed by atoms with Crippen LogP contribution in [0.1, 0.15) is 18.3 Å². The maximum absolute atomic E-state index is 4.35. The Morgan fingerprint density at radius 2 is 2.18 bits per heavy atom. The fourth-order valence-corrected chi connectivity index (χ4v) is 1.66. The Kier molecular flexibility index (Phi) is 4.27. The molecule has 0 aliphatic rings. The smallest absolute Gasteiger partial charge is 0.0950 e. The molecule has 1 N–H and O–H groups in total. The molecule has 0 saturated carbocycles. The summed E-state index contributed by atoms with van der Waals surface area (Å²) in [6, 6.07) is 6.01.